The van der Waals surface area contributed by atoms with Gasteiger partial charge in [0.15, 0.2) is 0 Å². The predicted molar refractivity (Wildman–Crippen MR) is 122 cm³/mol. The molecule has 0 radical (unpaired) electrons. The highest BCUT2D eigenvalue weighted by Crippen LogP contribution is 2.43. The quantitative estimate of drug-likeness (QED) is 0.445. The Kier molecular flexibility index (Phi) is 5.91. The van der Waals surface area contributed by atoms with Crippen LogP contribution in [0.4, 0.5) is 24.5 Å². The molecule has 3 aromatic carbocycles. The number of benzene rings is 3. The number of anilines is 2. The van der Waals surface area contributed by atoms with E-state index < -0.39 is 11.7 Å². The monoisotopic (exact) mass is 458 g/mol. The van der Waals surface area contributed by atoms with E-state index in [0.29, 0.717) is 22.7 Å². The highest BCUT2D eigenvalue weighted by atomic mass is 35.5. The lowest BCUT2D eigenvalue weighted by Gasteiger charge is -2.40. The van der Waals surface area contributed by atoms with Gasteiger partial charge in [-0.05, 0) is 72.5 Å². The van der Waals surface area contributed by atoms with Gasteiger partial charge in [-0.2, -0.15) is 13.2 Å². The number of alkyl halides is 3. The lowest BCUT2D eigenvalue weighted by atomic mass is 9.88. The van der Waals surface area contributed by atoms with Gasteiger partial charge in [-0.1, -0.05) is 35.9 Å². The van der Waals surface area contributed by atoms with Crippen molar-refractivity contribution >= 4 is 28.9 Å². The van der Waals surface area contributed by atoms with E-state index in [0.717, 1.165) is 17.3 Å². The van der Waals surface area contributed by atoms with Crippen LogP contribution in [0, 0.1) is 0 Å². The molecule has 0 bridgehead atoms. The van der Waals surface area contributed by atoms with Crippen LogP contribution in [-0.2, 0) is 11.0 Å². The van der Waals surface area contributed by atoms with Crippen LogP contribution >= 0.6 is 11.6 Å². The minimum Gasteiger partial charge on any atom is -0.378 e. The van der Waals surface area contributed by atoms with E-state index in [2.05, 4.69) is 5.32 Å². The Morgan fingerprint density at radius 2 is 1.75 bits per heavy atom. The molecule has 4 rings (SSSR count). The van der Waals surface area contributed by atoms with Crippen molar-refractivity contribution in [3.63, 3.8) is 0 Å². The molecule has 0 fully saturated rings. The normalized spacial score (nSPS) is 18.2. The van der Waals surface area contributed by atoms with Crippen LogP contribution in [0.3, 0.4) is 0 Å². The maximum absolute atomic E-state index is 13.6. The molecule has 1 amide bonds. The average Bonchev–Trinajstić information content (AvgIpc) is 2.74. The molecule has 3 aromatic rings. The van der Waals surface area contributed by atoms with Crippen molar-refractivity contribution in [3.05, 3.63) is 82.9 Å². The van der Waals surface area contributed by atoms with Gasteiger partial charge in [0.05, 0.1) is 11.6 Å². The van der Waals surface area contributed by atoms with Crippen LogP contribution in [0.15, 0.2) is 66.7 Å². The van der Waals surface area contributed by atoms with E-state index in [1.165, 1.54) is 19.1 Å². The molecule has 1 aliphatic rings. The van der Waals surface area contributed by atoms with Gasteiger partial charge >= 0.3 is 6.18 Å². The van der Waals surface area contributed by atoms with Crippen LogP contribution < -0.4 is 10.2 Å². The molecule has 1 aliphatic heterocycles. The minimum atomic E-state index is -4.46. The fraction of sp³-hybridized carbons (Fsp3) is 0.240. The van der Waals surface area contributed by atoms with Crippen LogP contribution in [0.2, 0.25) is 5.02 Å². The first-order valence-corrected chi connectivity index (χ1v) is 10.7. The Labute approximate surface area is 189 Å². The molecule has 7 heteroatoms. The smallest absolute Gasteiger partial charge is 0.378 e. The fourth-order valence-corrected chi connectivity index (χ4v) is 4.50. The second kappa shape index (κ2) is 8.51. The molecular weight excluding hydrogens is 437 g/mol. The summed E-state index contributed by atoms with van der Waals surface area (Å²) in [7, 11) is 0. The molecular formula is C25H22ClF3N2O. The standard InChI is InChI=1S/C25H22ClF3N2O/c1-15-13-23(30-19-10-8-18(26)9-11-19)21-14-17(7-12-24(21)31(15)16(2)32)20-5-3-4-6-22(20)25(27,28)29/h3-12,14-15,23,30H,13H2,1-2H3/t15-,23+/m1/s1. The van der Waals surface area contributed by atoms with E-state index in [1.807, 2.05) is 19.1 Å². The average molecular weight is 459 g/mol. The van der Waals surface area contributed by atoms with Gasteiger partial charge in [0.1, 0.15) is 0 Å². The zero-order valence-corrected chi connectivity index (χ0v) is 18.3. The summed E-state index contributed by atoms with van der Waals surface area (Å²) >= 11 is 5.99. The van der Waals surface area contributed by atoms with E-state index in [9.17, 15) is 18.0 Å². The molecule has 1 heterocycles. The Morgan fingerprint density at radius 1 is 1.06 bits per heavy atom. The molecule has 0 saturated heterocycles. The highest BCUT2D eigenvalue weighted by molar-refractivity contribution is 6.30. The number of hydrogen-bond acceptors (Lipinski definition) is 2. The molecule has 0 aromatic heterocycles. The van der Waals surface area contributed by atoms with Crippen molar-refractivity contribution < 1.29 is 18.0 Å². The minimum absolute atomic E-state index is 0.0712. The van der Waals surface area contributed by atoms with Gasteiger partial charge in [-0.3, -0.25) is 4.79 Å². The van der Waals surface area contributed by atoms with Crippen molar-refractivity contribution in [1.82, 2.24) is 0 Å². The van der Waals surface area contributed by atoms with Crippen LogP contribution in [-0.4, -0.2) is 11.9 Å². The maximum Gasteiger partial charge on any atom is 0.417 e. The van der Waals surface area contributed by atoms with E-state index in [4.69, 9.17) is 11.6 Å². The predicted octanol–water partition coefficient (Wildman–Crippen LogP) is 7.32. The van der Waals surface area contributed by atoms with Gasteiger partial charge in [0.2, 0.25) is 5.91 Å². The lowest BCUT2D eigenvalue weighted by molar-refractivity contribution is -0.137. The summed E-state index contributed by atoms with van der Waals surface area (Å²) in [5, 5.41) is 4.07. The number of carbonyl (C=O) groups excluding carboxylic acids is 1. The molecule has 0 unspecified atom stereocenters. The second-order valence-corrected chi connectivity index (χ2v) is 8.43. The zero-order valence-electron chi connectivity index (χ0n) is 17.6. The van der Waals surface area contributed by atoms with Crippen molar-refractivity contribution in [2.45, 2.75) is 38.5 Å². The Balaban J connectivity index is 1.82. The van der Waals surface area contributed by atoms with Crippen molar-refractivity contribution in [2.75, 3.05) is 10.2 Å². The summed E-state index contributed by atoms with van der Waals surface area (Å²) in [5.74, 6) is -0.105. The molecule has 166 valence electrons. The van der Waals surface area contributed by atoms with E-state index in [-0.39, 0.29) is 23.6 Å². The molecule has 1 N–H and O–H groups in total. The number of rotatable bonds is 3. The summed E-state index contributed by atoms with van der Waals surface area (Å²) in [4.78, 5) is 14.1. The maximum atomic E-state index is 13.6. The van der Waals surface area contributed by atoms with Crippen LogP contribution in [0.1, 0.15) is 37.4 Å². The van der Waals surface area contributed by atoms with Crippen molar-refractivity contribution in [3.8, 4) is 11.1 Å². The first-order chi connectivity index (χ1) is 15.1. The Morgan fingerprint density at radius 3 is 2.41 bits per heavy atom. The summed E-state index contributed by atoms with van der Waals surface area (Å²) in [5.41, 5.74) is 2.21. The molecule has 2 atom stereocenters. The number of halogens is 4. The third-order valence-corrected chi connectivity index (χ3v) is 6.00. The summed E-state index contributed by atoms with van der Waals surface area (Å²) < 4.78 is 40.8. The third kappa shape index (κ3) is 4.32. The fourth-order valence-electron chi connectivity index (χ4n) is 4.38. The number of carbonyl (C=O) groups is 1. The summed E-state index contributed by atoms with van der Waals surface area (Å²) in [6.07, 6.45) is -3.85. The molecule has 32 heavy (non-hydrogen) atoms. The van der Waals surface area contributed by atoms with Gasteiger partial charge in [0, 0.05) is 29.4 Å². The van der Waals surface area contributed by atoms with Gasteiger partial charge < -0.3 is 10.2 Å². The topological polar surface area (TPSA) is 32.3 Å². The Bertz CT molecular complexity index is 1140. The van der Waals surface area contributed by atoms with E-state index in [1.54, 1.807) is 41.3 Å². The SMILES string of the molecule is CC(=O)N1c2ccc(-c3ccccc3C(F)(F)F)cc2[C@@H](Nc2ccc(Cl)cc2)C[C@H]1C. The second-order valence-electron chi connectivity index (χ2n) is 7.99. The van der Waals surface area contributed by atoms with Crippen LogP contribution in [0.25, 0.3) is 11.1 Å². The molecule has 3 nitrogen and oxygen atoms in total. The van der Waals surface area contributed by atoms with Gasteiger partial charge in [-0.25, -0.2) is 0 Å². The lowest BCUT2D eigenvalue weighted by Crippen LogP contribution is -2.43. The van der Waals surface area contributed by atoms with Crippen LogP contribution in [0.5, 0.6) is 0 Å². The first kappa shape index (κ1) is 22.2. The van der Waals surface area contributed by atoms with Gasteiger partial charge in [0.25, 0.3) is 0 Å². The summed E-state index contributed by atoms with van der Waals surface area (Å²) in [6, 6.07) is 17.7. The summed E-state index contributed by atoms with van der Waals surface area (Å²) in [6.45, 7) is 3.47. The zero-order chi connectivity index (χ0) is 23.0. The first-order valence-electron chi connectivity index (χ1n) is 10.3. The third-order valence-electron chi connectivity index (χ3n) is 5.75. The number of hydrogen-bond donors (Lipinski definition) is 1. The van der Waals surface area contributed by atoms with Gasteiger partial charge in [-0.15, -0.1) is 0 Å². The molecule has 0 saturated carbocycles. The Hall–Kier alpha value is -2.99. The number of fused-ring (bicyclic) bond motifs is 1. The largest absolute Gasteiger partial charge is 0.417 e. The number of amides is 1. The number of nitrogens with zero attached hydrogens (tertiary/aromatic N) is 1. The molecule has 0 spiro atoms. The highest BCUT2D eigenvalue weighted by Gasteiger charge is 2.35. The van der Waals surface area contributed by atoms with Crippen molar-refractivity contribution in [2.24, 2.45) is 0 Å². The molecule has 0 aliphatic carbocycles. The van der Waals surface area contributed by atoms with E-state index >= 15 is 0 Å². The number of nitrogens with one attached hydrogen (secondary N) is 1. The van der Waals surface area contributed by atoms with Crippen molar-refractivity contribution in [1.29, 1.82) is 0 Å².